The summed E-state index contributed by atoms with van der Waals surface area (Å²) in [6.07, 6.45) is 0.357. The van der Waals surface area contributed by atoms with E-state index >= 15 is 0 Å². The third-order valence-corrected chi connectivity index (χ3v) is 4.09. The van der Waals surface area contributed by atoms with Crippen molar-refractivity contribution in [3.8, 4) is 0 Å². The summed E-state index contributed by atoms with van der Waals surface area (Å²) >= 11 is 1.52. The number of aliphatic imine (C=N–C) groups is 1. The van der Waals surface area contributed by atoms with E-state index in [0.29, 0.717) is 12.2 Å². The van der Waals surface area contributed by atoms with E-state index < -0.39 is 18.1 Å². The Kier molecular flexibility index (Phi) is 4.79. The zero-order valence-corrected chi connectivity index (χ0v) is 11.9. The summed E-state index contributed by atoms with van der Waals surface area (Å²) in [5, 5.41) is 12.3. The Balaban J connectivity index is 2.03. The number of carboxylic acids is 1. The molecule has 5 nitrogen and oxygen atoms in total. The van der Waals surface area contributed by atoms with Crippen molar-refractivity contribution in [2.75, 3.05) is 5.75 Å². The molecule has 1 aliphatic rings. The van der Waals surface area contributed by atoms with Gasteiger partial charge in [0.05, 0.1) is 5.04 Å². The molecule has 1 amide bonds. The van der Waals surface area contributed by atoms with Crippen LogP contribution in [0.1, 0.15) is 18.9 Å². The average molecular weight is 292 g/mol. The molecule has 0 aromatic heterocycles. The normalized spacial score (nSPS) is 19.2. The molecular formula is C14H16N2O3S. The zero-order valence-electron chi connectivity index (χ0n) is 11.1. The number of nitrogens with zero attached hydrogens (tertiary/aromatic N) is 1. The lowest BCUT2D eigenvalue weighted by Gasteiger charge is -2.13. The fourth-order valence-corrected chi connectivity index (χ4v) is 2.90. The average Bonchev–Trinajstić information content (AvgIpc) is 2.95. The number of thioether (sulfide) groups is 1. The Labute approximate surface area is 121 Å². The van der Waals surface area contributed by atoms with E-state index in [-0.39, 0.29) is 5.91 Å². The largest absolute Gasteiger partial charge is 0.480 e. The Bertz CT molecular complexity index is 530. The van der Waals surface area contributed by atoms with Gasteiger partial charge in [-0.2, -0.15) is 0 Å². The molecule has 1 aliphatic heterocycles. The van der Waals surface area contributed by atoms with Crippen molar-refractivity contribution in [1.82, 2.24) is 5.32 Å². The molecule has 20 heavy (non-hydrogen) atoms. The van der Waals surface area contributed by atoms with Gasteiger partial charge in [-0.25, -0.2) is 4.79 Å². The zero-order chi connectivity index (χ0) is 14.5. The first-order chi connectivity index (χ1) is 9.61. The monoisotopic (exact) mass is 292 g/mol. The number of carbonyl (C=O) groups is 2. The summed E-state index contributed by atoms with van der Waals surface area (Å²) in [6, 6.07) is 8.29. The van der Waals surface area contributed by atoms with E-state index in [1.165, 1.54) is 11.8 Å². The first kappa shape index (κ1) is 14.6. The first-order valence-corrected chi connectivity index (χ1v) is 7.39. The van der Waals surface area contributed by atoms with E-state index in [9.17, 15) is 9.59 Å². The number of hydrogen-bond acceptors (Lipinski definition) is 4. The summed E-state index contributed by atoms with van der Waals surface area (Å²) in [5.74, 6) is -0.789. The topological polar surface area (TPSA) is 78.8 Å². The minimum absolute atomic E-state index is 0.322. The van der Waals surface area contributed by atoms with E-state index in [0.717, 1.165) is 10.6 Å². The number of aliphatic carboxylic acids is 1. The minimum atomic E-state index is -1.02. The van der Waals surface area contributed by atoms with Gasteiger partial charge in [-0.3, -0.25) is 9.79 Å². The van der Waals surface area contributed by atoms with Gasteiger partial charge < -0.3 is 10.4 Å². The molecule has 2 unspecified atom stereocenters. The Morgan fingerprint density at radius 2 is 2.15 bits per heavy atom. The molecule has 2 N–H and O–H groups in total. The van der Waals surface area contributed by atoms with Gasteiger partial charge in [0, 0.05) is 11.3 Å². The van der Waals surface area contributed by atoms with E-state index in [2.05, 4.69) is 10.3 Å². The lowest BCUT2D eigenvalue weighted by atomic mass is 10.2. The predicted octanol–water partition coefficient (Wildman–Crippen LogP) is 1.53. The van der Waals surface area contributed by atoms with Crippen molar-refractivity contribution in [2.24, 2.45) is 4.99 Å². The van der Waals surface area contributed by atoms with Gasteiger partial charge in [-0.05, 0) is 6.42 Å². The van der Waals surface area contributed by atoms with Crippen LogP contribution in [0.15, 0.2) is 35.3 Å². The summed E-state index contributed by atoms with van der Waals surface area (Å²) in [6.45, 7) is 1.72. The summed E-state index contributed by atoms with van der Waals surface area (Å²) < 4.78 is 0. The van der Waals surface area contributed by atoms with Crippen molar-refractivity contribution in [3.63, 3.8) is 0 Å². The van der Waals surface area contributed by atoms with E-state index in [1.807, 2.05) is 30.3 Å². The van der Waals surface area contributed by atoms with Crippen molar-refractivity contribution < 1.29 is 14.7 Å². The Hall–Kier alpha value is -1.82. The maximum absolute atomic E-state index is 12.0. The molecule has 0 spiro atoms. The number of carbonyl (C=O) groups excluding carboxylic acids is 1. The van der Waals surface area contributed by atoms with Gasteiger partial charge in [-0.1, -0.05) is 37.3 Å². The van der Waals surface area contributed by atoms with Crippen molar-refractivity contribution >= 4 is 28.7 Å². The molecular weight excluding hydrogens is 276 g/mol. The molecule has 0 radical (unpaired) electrons. The van der Waals surface area contributed by atoms with Crippen molar-refractivity contribution in [1.29, 1.82) is 0 Å². The van der Waals surface area contributed by atoms with Gasteiger partial charge in [0.15, 0.2) is 0 Å². The smallest absolute Gasteiger partial charge is 0.326 e. The highest BCUT2D eigenvalue weighted by Crippen LogP contribution is 2.23. The van der Waals surface area contributed by atoms with Crippen molar-refractivity contribution in [2.45, 2.75) is 25.4 Å². The molecule has 0 aliphatic carbocycles. The molecule has 2 atom stereocenters. The fraction of sp³-hybridized carbons (Fsp3) is 0.357. The van der Waals surface area contributed by atoms with Crippen LogP contribution in [0.2, 0.25) is 0 Å². The van der Waals surface area contributed by atoms with Crippen molar-refractivity contribution in [3.05, 3.63) is 35.9 Å². The van der Waals surface area contributed by atoms with E-state index in [1.54, 1.807) is 6.92 Å². The summed E-state index contributed by atoms with van der Waals surface area (Å²) in [5.41, 5.74) is 0.984. The quantitative estimate of drug-likeness (QED) is 0.862. The van der Waals surface area contributed by atoms with Crippen LogP contribution in [-0.4, -0.2) is 39.9 Å². The molecule has 1 aromatic rings. The van der Waals surface area contributed by atoms with Crippen LogP contribution in [0.25, 0.3) is 0 Å². The second-order valence-electron chi connectivity index (χ2n) is 4.43. The second-order valence-corrected chi connectivity index (χ2v) is 5.44. The first-order valence-electron chi connectivity index (χ1n) is 6.41. The van der Waals surface area contributed by atoms with Gasteiger partial charge >= 0.3 is 5.97 Å². The number of nitrogens with one attached hydrogen (secondary N) is 1. The third-order valence-electron chi connectivity index (χ3n) is 3.00. The molecule has 1 aromatic carbocycles. The van der Waals surface area contributed by atoms with Crippen LogP contribution in [0.4, 0.5) is 0 Å². The minimum Gasteiger partial charge on any atom is -0.480 e. The molecule has 106 valence electrons. The van der Waals surface area contributed by atoms with Gasteiger partial charge in [-0.15, -0.1) is 11.8 Å². The van der Waals surface area contributed by atoms with Gasteiger partial charge in [0.25, 0.3) is 0 Å². The molecule has 6 heteroatoms. The van der Waals surface area contributed by atoms with Crippen LogP contribution in [0.3, 0.4) is 0 Å². The highest BCUT2D eigenvalue weighted by Gasteiger charge is 2.28. The standard InChI is InChI=1S/C14H16N2O3S/c1-2-10(14(18)19)15-12(17)11-8-20-13(16-11)9-6-4-3-5-7-9/h3-7,10-11H,2,8H2,1H3,(H,15,17)(H,18,19). The Morgan fingerprint density at radius 1 is 1.45 bits per heavy atom. The van der Waals surface area contributed by atoms with Gasteiger partial charge in [0.2, 0.25) is 5.91 Å². The maximum atomic E-state index is 12.0. The third kappa shape index (κ3) is 3.39. The number of benzene rings is 1. The molecule has 0 bridgehead atoms. The van der Waals surface area contributed by atoms with Crippen LogP contribution >= 0.6 is 11.8 Å². The van der Waals surface area contributed by atoms with Crippen LogP contribution in [-0.2, 0) is 9.59 Å². The SMILES string of the molecule is CCC(NC(=O)C1CSC(c2ccccc2)=N1)C(=O)O. The molecule has 0 saturated carbocycles. The van der Waals surface area contributed by atoms with Crippen LogP contribution in [0.5, 0.6) is 0 Å². The van der Waals surface area contributed by atoms with Gasteiger partial charge in [0.1, 0.15) is 12.1 Å². The van der Waals surface area contributed by atoms with Crippen LogP contribution in [0, 0.1) is 0 Å². The number of rotatable bonds is 5. The summed E-state index contributed by atoms with van der Waals surface area (Å²) in [4.78, 5) is 27.3. The summed E-state index contributed by atoms with van der Waals surface area (Å²) in [7, 11) is 0. The fourth-order valence-electron chi connectivity index (χ4n) is 1.85. The molecule has 1 heterocycles. The Morgan fingerprint density at radius 3 is 2.75 bits per heavy atom. The molecule has 0 saturated heterocycles. The lowest BCUT2D eigenvalue weighted by Crippen LogP contribution is -2.44. The number of hydrogen-bond donors (Lipinski definition) is 2. The second kappa shape index (κ2) is 6.56. The van der Waals surface area contributed by atoms with Crippen LogP contribution < -0.4 is 5.32 Å². The molecule has 2 rings (SSSR count). The number of carboxylic acid groups (broad SMARTS) is 1. The highest BCUT2D eigenvalue weighted by molar-refractivity contribution is 8.14. The molecule has 0 fully saturated rings. The highest BCUT2D eigenvalue weighted by atomic mass is 32.2. The maximum Gasteiger partial charge on any atom is 0.326 e. The number of amides is 1. The lowest BCUT2D eigenvalue weighted by molar-refractivity contribution is -0.142. The van der Waals surface area contributed by atoms with E-state index in [4.69, 9.17) is 5.11 Å². The predicted molar refractivity (Wildman–Crippen MR) is 79.1 cm³/mol.